The molecule has 1 fully saturated rings. The minimum absolute atomic E-state index is 0.0431. The SMILES string of the molecule is COc1ccc(C2=CC(=O)N3C=C(N4CC(O)C(N(C)C)C4)C=CC3=CCC2C)cc1F. The van der Waals surface area contributed by atoms with Crippen LogP contribution in [0, 0.1) is 11.7 Å². The van der Waals surface area contributed by atoms with Gasteiger partial charge < -0.3 is 19.6 Å². The summed E-state index contributed by atoms with van der Waals surface area (Å²) in [5.41, 5.74) is 3.18. The number of fused-ring (bicyclic) bond motifs is 1. The third-order valence-corrected chi connectivity index (χ3v) is 6.46. The van der Waals surface area contributed by atoms with Gasteiger partial charge in [-0.05, 0) is 61.9 Å². The molecule has 7 heteroatoms. The van der Waals surface area contributed by atoms with E-state index in [1.165, 1.54) is 13.2 Å². The van der Waals surface area contributed by atoms with E-state index in [4.69, 9.17) is 4.74 Å². The van der Waals surface area contributed by atoms with E-state index in [2.05, 4.69) is 4.90 Å². The molecular weight excluding hydrogens is 409 g/mol. The van der Waals surface area contributed by atoms with Crippen molar-refractivity contribution in [2.45, 2.75) is 25.5 Å². The first-order valence-electron chi connectivity index (χ1n) is 10.9. The van der Waals surface area contributed by atoms with Gasteiger partial charge in [-0.2, -0.15) is 0 Å². The predicted octanol–water partition coefficient (Wildman–Crippen LogP) is 2.99. The Morgan fingerprint density at radius 3 is 2.59 bits per heavy atom. The number of aliphatic hydroxyl groups is 1. The highest BCUT2D eigenvalue weighted by molar-refractivity contribution is 5.98. The van der Waals surface area contributed by atoms with Gasteiger partial charge in [0.1, 0.15) is 0 Å². The molecule has 1 aromatic rings. The maximum Gasteiger partial charge on any atom is 0.255 e. The Morgan fingerprint density at radius 2 is 1.94 bits per heavy atom. The normalized spacial score (nSPS) is 25.8. The molecule has 1 aromatic carbocycles. The summed E-state index contributed by atoms with van der Waals surface area (Å²) in [6.07, 6.45) is 9.69. The first kappa shape index (κ1) is 22.3. The largest absolute Gasteiger partial charge is 0.494 e. The fraction of sp³-hybridized carbons (Fsp3) is 0.400. The number of aliphatic hydroxyl groups excluding tert-OH is 1. The fourth-order valence-electron chi connectivity index (χ4n) is 4.52. The van der Waals surface area contributed by atoms with E-state index in [0.29, 0.717) is 18.7 Å². The van der Waals surface area contributed by atoms with E-state index in [9.17, 15) is 14.3 Å². The highest BCUT2D eigenvalue weighted by Gasteiger charge is 2.34. The second-order valence-electron chi connectivity index (χ2n) is 8.81. The van der Waals surface area contributed by atoms with Gasteiger partial charge in [0.25, 0.3) is 5.91 Å². The van der Waals surface area contributed by atoms with Crippen LogP contribution in [0.4, 0.5) is 4.39 Å². The molecule has 3 aliphatic heterocycles. The molecule has 3 atom stereocenters. The van der Waals surface area contributed by atoms with Gasteiger partial charge in [-0.1, -0.05) is 19.1 Å². The molecule has 170 valence electrons. The van der Waals surface area contributed by atoms with E-state index in [-0.39, 0.29) is 23.6 Å². The van der Waals surface area contributed by atoms with Crippen LogP contribution in [0.15, 0.2) is 60.1 Å². The van der Waals surface area contributed by atoms with Crippen molar-refractivity contribution in [1.82, 2.24) is 14.7 Å². The predicted molar refractivity (Wildman–Crippen MR) is 122 cm³/mol. The smallest absolute Gasteiger partial charge is 0.255 e. The number of likely N-dealkylation sites (N-methyl/N-ethyl adjacent to an activating group) is 1. The molecule has 3 aliphatic rings. The monoisotopic (exact) mass is 439 g/mol. The Balaban J connectivity index is 1.63. The summed E-state index contributed by atoms with van der Waals surface area (Å²) in [5.74, 6) is -0.400. The maximum atomic E-state index is 14.3. The van der Waals surface area contributed by atoms with E-state index in [1.54, 1.807) is 23.1 Å². The number of amides is 1. The van der Waals surface area contributed by atoms with E-state index < -0.39 is 11.9 Å². The number of rotatable bonds is 4. The highest BCUT2D eigenvalue weighted by atomic mass is 19.1. The van der Waals surface area contributed by atoms with Crippen LogP contribution in [-0.4, -0.2) is 72.2 Å². The number of β-amino-alcohol motifs (C(OH)–C–C–N with tert-alkyl or cyclic N) is 1. The lowest BCUT2D eigenvalue weighted by Gasteiger charge is -2.30. The summed E-state index contributed by atoms with van der Waals surface area (Å²) in [6.45, 7) is 3.24. The number of allylic oxidation sites excluding steroid dienone is 4. The zero-order valence-electron chi connectivity index (χ0n) is 19.0. The van der Waals surface area contributed by atoms with Gasteiger partial charge in [0.05, 0.1) is 25.0 Å². The van der Waals surface area contributed by atoms with Gasteiger partial charge >= 0.3 is 0 Å². The third kappa shape index (κ3) is 4.23. The van der Waals surface area contributed by atoms with Crippen LogP contribution < -0.4 is 4.74 Å². The van der Waals surface area contributed by atoms with Gasteiger partial charge in [-0.15, -0.1) is 0 Å². The molecule has 3 unspecified atom stereocenters. The molecule has 32 heavy (non-hydrogen) atoms. The summed E-state index contributed by atoms with van der Waals surface area (Å²) < 4.78 is 19.3. The second-order valence-corrected chi connectivity index (χ2v) is 8.81. The zero-order chi connectivity index (χ0) is 23.0. The van der Waals surface area contributed by atoms with Crippen molar-refractivity contribution in [1.29, 1.82) is 0 Å². The Bertz CT molecular complexity index is 1030. The lowest BCUT2D eigenvalue weighted by molar-refractivity contribution is -0.122. The van der Waals surface area contributed by atoms with Crippen molar-refractivity contribution >= 4 is 11.5 Å². The molecular formula is C25H30FN3O3. The molecule has 3 heterocycles. The van der Waals surface area contributed by atoms with Crippen molar-refractivity contribution in [3.63, 3.8) is 0 Å². The number of hydrogen-bond donors (Lipinski definition) is 1. The minimum Gasteiger partial charge on any atom is -0.494 e. The number of methoxy groups -OCH3 is 1. The van der Waals surface area contributed by atoms with Crippen molar-refractivity contribution in [3.05, 3.63) is 71.5 Å². The zero-order valence-corrected chi connectivity index (χ0v) is 19.0. The Hall–Kier alpha value is -2.90. The summed E-state index contributed by atoms with van der Waals surface area (Å²) in [5, 5.41) is 10.4. The molecule has 1 saturated heterocycles. The number of carbonyl (C=O) groups is 1. The van der Waals surface area contributed by atoms with Crippen molar-refractivity contribution in [2.24, 2.45) is 5.92 Å². The van der Waals surface area contributed by atoms with Crippen LogP contribution in [-0.2, 0) is 4.79 Å². The molecule has 0 aromatic heterocycles. The molecule has 0 bridgehead atoms. The quantitative estimate of drug-likeness (QED) is 0.782. The number of nitrogens with zero attached hydrogens (tertiary/aromatic N) is 3. The van der Waals surface area contributed by atoms with Crippen LogP contribution in [0.5, 0.6) is 5.75 Å². The van der Waals surface area contributed by atoms with Gasteiger partial charge in [-0.3, -0.25) is 9.69 Å². The Kier molecular flexibility index (Phi) is 6.22. The lowest BCUT2D eigenvalue weighted by Crippen LogP contribution is -2.38. The molecule has 0 spiro atoms. The molecule has 0 radical (unpaired) electrons. The number of halogens is 1. The number of carbonyl (C=O) groups excluding carboxylic acids is 1. The average molecular weight is 440 g/mol. The van der Waals surface area contributed by atoms with Crippen LogP contribution in [0.2, 0.25) is 0 Å². The highest BCUT2D eigenvalue weighted by Crippen LogP contribution is 2.33. The van der Waals surface area contributed by atoms with Crippen molar-refractivity contribution in [2.75, 3.05) is 34.3 Å². The number of hydrogen-bond acceptors (Lipinski definition) is 5. The number of benzene rings is 1. The standard InChI is InChI=1S/C25H30FN3O3/c1-16-5-7-18-8-9-19(28-14-22(27(2)3)23(30)15-28)13-29(18)25(31)12-20(16)17-6-10-24(32-4)21(26)11-17/h6-13,16,22-23,30H,5,14-15H2,1-4H3. The number of likely N-dealkylation sites (tertiary alicyclic amines) is 1. The van der Waals surface area contributed by atoms with Crippen LogP contribution in [0.25, 0.3) is 5.57 Å². The molecule has 6 nitrogen and oxygen atoms in total. The van der Waals surface area contributed by atoms with E-state index >= 15 is 0 Å². The van der Waals surface area contributed by atoms with E-state index in [0.717, 1.165) is 23.4 Å². The first-order valence-corrected chi connectivity index (χ1v) is 10.9. The van der Waals surface area contributed by atoms with Gasteiger partial charge in [0, 0.05) is 31.1 Å². The maximum absolute atomic E-state index is 14.3. The lowest BCUT2D eigenvalue weighted by atomic mass is 9.89. The van der Waals surface area contributed by atoms with Crippen LogP contribution >= 0.6 is 0 Å². The van der Waals surface area contributed by atoms with E-state index in [1.807, 2.05) is 50.3 Å². The molecule has 1 N–H and O–H groups in total. The van der Waals surface area contributed by atoms with Gasteiger partial charge in [0.15, 0.2) is 11.6 Å². The Labute approximate surface area is 188 Å². The second kappa shape index (κ2) is 8.92. The van der Waals surface area contributed by atoms with Crippen molar-refractivity contribution in [3.8, 4) is 5.75 Å². The fourth-order valence-corrected chi connectivity index (χ4v) is 4.52. The number of ether oxygens (including phenoxy) is 1. The summed E-state index contributed by atoms with van der Waals surface area (Å²) in [4.78, 5) is 19.0. The first-order chi connectivity index (χ1) is 15.3. The minimum atomic E-state index is -0.449. The molecule has 1 amide bonds. The van der Waals surface area contributed by atoms with Crippen LogP contribution in [0.1, 0.15) is 18.9 Å². The average Bonchev–Trinajstić information content (AvgIpc) is 3.16. The molecule has 0 aliphatic carbocycles. The van der Waals surface area contributed by atoms with Crippen molar-refractivity contribution < 1.29 is 19.0 Å². The molecule has 0 saturated carbocycles. The third-order valence-electron chi connectivity index (χ3n) is 6.46. The van der Waals surface area contributed by atoms with Gasteiger partial charge in [-0.25, -0.2) is 4.39 Å². The summed E-state index contributed by atoms with van der Waals surface area (Å²) >= 11 is 0. The summed E-state index contributed by atoms with van der Waals surface area (Å²) in [6, 6.07) is 4.84. The Morgan fingerprint density at radius 1 is 1.19 bits per heavy atom. The van der Waals surface area contributed by atoms with Crippen LogP contribution in [0.3, 0.4) is 0 Å². The molecule has 4 rings (SSSR count). The van der Waals surface area contributed by atoms with Gasteiger partial charge in [0.2, 0.25) is 0 Å². The summed E-state index contributed by atoms with van der Waals surface area (Å²) in [7, 11) is 5.35. The topological polar surface area (TPSA) is 56.3 Å².